The highest BCUT2D eigenvalue weighted by molar-refractivity contribution is 9.10. The number of aromatic nitrogens is 3. The Morgan fingerprint density at radius 2 is 2.00 bits per heavy atom. The van der Waals surface area contributed by atoms with E-state index in [1.54, 1.807) is 34.0 Å². The molecule has 0 bridgehead atoms. The van der Waals surface area contributed by atoms with Crippen LogP contribution in [0.25, 0.3) is 5.69 Å². The predicted octanol–water partition coefficient (Wildman–Crippen LogP) is 3.61. The normalized spacial score (nSPS) is 13.5. The van der Waals surface area contributed by atoms with Crippen molar-refractivity contribution in [1.29, 1.82) is 0 Å². The molecule has 0 saturated carbocycles. The van der Waals surface area contributed by atoms with E-state index < -0.39 is 0 Å². The Morgan fingerprint density at radius 3 is 2.80 bits per heavy atom. The summed E-state index contributed by atoms with van der Waals surface area (Å²) >= 11 is 9.46. The molecule has 0 fully saturated rings. The van der Waals surface area contributed by atoms with Gasteiger partial charge in [0.25, 0.3) is 5.91 Å². The first-order valence-electron chi connectivity index (χ1n) is 7.50. The van der Waals surface area contributed by atoms with E-state index in [0.29, 0.717) is 28.7 Å². The van der Waals surface area contributed by atoms with E-state index in [-0.39, 0.29) is 12.5 Å². The van der Waals surface area contributed by atoms with E-state index in [4.69, 9.17) is 16.3 Å². The van der Waals surface area contributed by atoms with Crippen LogP contribution in [0.4, 0.5) is 5.69 Å². The van der Waals surface area contributed by atoms with E-state index in [1.807, 2.05) is 24.3 Å². The number of ether oxygens (including phenoxy) is 1. The third-order valence-corrected chi connectivity index (χ3v) is 4.58. The van der Waals surface area contributed by atoms with Gasteiger partial charge in [0, 0.05) is 9.50 Å². The van der Waals surface area contributed by atoms with Gasteiger partial charge in [-0.05, 0) is 42.5 Å². The van der Waals surface area contributed by atoms with Gasteiger partial charge in [-0.3, -0.25) is 9.69 Å². The molecule has 2 heterocycles. The Morgan fingerprint density at radius 1 is 1.20 bits per heavy atom. The molecule has 6 nitrogen and oxygen atoms in total. The first kappa shape index (κ1) is 16.1. The highest BCUT2D eigenvalue weighted by Gasteiger charge is 2.26. The molecule has 0 spiro atoms. The van der Waals surface area contributed by atoms with Gasteiger partial charge < -0.3 is 4.74 Å². The molecular weight excluding hydrogens is 408 g/mol. The number of benzene rings is 2. The molecule has 1 aromatic heterocycles. The lowest BCUT2D eigenvalue weighted by atomic mass is 10.2. The second-order valence-corrected chi connectivity index (χ2v) is 6.86. The van der Waals surface area contributed by atoms with Gasteiger partial charge in [-0.15, -0.1) is 5.10 Å². The van der Waals surface area contributed by atoms with Crippen molar-refractivity contribution in [1.82, 2.24) is 15.0 Å². The zero-order chi connectivity index (χ0) is 17.4. The van der Waals surface area contributed by atoms with Crippen LogP contribution in [0.3, 0.4) is 0 Å². The molecule has 3 aromatic rings. The van der Waals surface area contributed by atoms with Gasteiger partial charge in [0.1, 0.15) is 11.4 Å². The Kier molecular flexibility index (Phi) is 4.19. The average Bonchev–Trinajstić information content (AvgIpc) is 3.07. The highest BCUT2D eigenvalue weighted by atomic mass is 79.9. The van der Waals surface area contributed by atoms with Crippen LogP contribution in [0.1, 0.15) is 5.69 Å². The summed E-state index contributed by atoms with van der Waals surface area (Å²) in [5.74, 6) is 0.484. The maximum atomic E-state index is 12.3. The van der Waals surface area contributed by atoms with Gasteiger partial charge in [-0.2, -0.15) is 0 Å². The molecule has 126 valence electrons. The third-order valence-electron chi connectivity index (χ3n) is 3.82. The zero-order valence-electron chi connectivity index (χ0n) is 12.9. The van der Waals surface area contributed by atoms with Gasteiger partial charge in [-0.25, -0.2) is 4.68 Å². The Hall–Kier alpha value is -2.38. The van der Waals surface area contributed by atoms with Crippen molar-refractivity contribution in [3.8, 4) is 11.4 Å². The van der Waals surface area contributed by atoms with E-state index in [2.05, 4.69) is 26.2 Å². The minimum Gasteiger partial charge on any atom is -0.482 e. The summed E-state index contributed by atoms with van der Waals surface area (Å²) in [7, 11) is 0. The van der Waals surface area contributed by atoms with Crippen LogP contribution in [0, 0.1) is 0 Å². The first-order chi connectivity index (χ1) is 12.1. The molecule has 8 heteroatoms. The molecule has 0 unspecified atom stereocenters. The maximum absolute atomic E-state index is 12.3. The lowest BCUT2D eigenvalue weighted by Crippen LogP contribution is -2.38. The largest absolute Gasteiger partial charge is 0.482 e. The molecule has 0 saturated heterocycles. The second-order valence-electron chi connectivity index (χ2n) is 5.51. The van der Waals surface area contributed by atoms with Crippen LogP contribution in [0.2, 0.25) is 5.02 Å². The van der Waals surface area contributed by atoms with Crippen LogP contribution >= 0.6 is 27.5 Å². The number of hydrogen-bond donors (Lipinski definition) is 0. The van der Waals surface area contributed by atoms with E-state index in [0.717, 1.165) is 10.2 Å². The average molecular weight is 420 g/mol. The Bertz CT molecular complexity index is 942. The molecule has 0 aliphatic carbocycles. The van der Waals surface area contributed by atoms with Crippen molar-refractivity contribution in [2.24, 2.45) is 0 Å². The summed E-state index contributed by atoms with van der Waals surface area (Å²) in [5.41, 5.74) is 2.20. The molecule has 0 atom stereocenters. The predicted molar refractivity (Wildman–Crippen MR) is 97.2 cm³/mol. The van der Waals surface area contributed by atoms with Gasteiger partial charge in [0.05, 0.1) is 24.1 Å². The monoisotopic (exact) mass is 418 g/mol. The lowest BCUT2D eigenvalue weighted by molar-refractivity contribution is -0.121. The first-order valence-corrected chi connectivity index (χ1v) is 8.67. The van der Waals surface area contributed by atoms with Crippen LogP contribution < -0.4 is 9.64 Å². The molecular formula is C17H12BrClN4O2. The number of fused-ring (bicyclic) bond motifs is 1. The van der Waals surface area contributed by atoms with Crippen molar-refractivity contribution in [3.63, 3.8) is 0 Å². The number of anilines is 1. The molecule has 1 aliphatic heterocycles. The van der Waals surface area contributed by atoms with E-state index in [9.17, 15) is 4.79 Å². The van der Waals surface area contributed by atoms with Crippen molar-refractivity contribution in [3.05, 3.63) is 63.9 Å². The summed E-state index contributed by atoms with van der Waals surface area (Å²) in [6, 6.07) is 12.9. The van der Waals surface area contributed by atoms with Crippen molar-refractivity contribution in [2.75, 3.05) is 11.5 Å². The summed E-state index contributed by atoms with van der Waals surface area (Å²) in [6.45, 7) is 0.293. The van der Waals surface area contributed by atoms with Crippen LogP contribution in [-0.4, -0.2) is 27.5 Å². The van der Waals surface area contributed by atoms with Gasteiger partial charge in [0.2, 0.25) is 0 Å². The lowest BCUT2D eigenvalue weighted by Gasteiger charge is -2.28. The molecule has 4 rings (SSSR count). The van der Waals surface area contributed by atoms with Gasteiger partial charge in [0.15, 0.2) is 6.61 Å². The van der Waals surface area contributed by atoms with Crippen LogP contribution in [-0.2, 0) is 11.3 Å². The van der Waals surface area contributed by atoms with Crippen molar-refractivity contribution >= 4 is 39.1 Å². The topological polar surface area (TPSA) is 60.2 Å². The Labute approximate surface area is 157 Å². The molecule has 25 heavy (non-hydrogen) atoms. The van der Waals surface area contributed by atoms with Crippen LogP contribution in [0.15, 0.2) is 53.1 Å². The summed E-state index contributed by atoms with van der Waals surface area (Å²) in [6.07, 6.45) is 1.80. The molecule has 1 amide bonds. The molecule has 1 aliphatic rings. The van der Waals surface area contributed by atoms with Gasteiger partial charge >= 0.3 is 0 Å². The summed E-state index contributed by atoms with van der Waals surface area (Å²) in [4.78, 5) is 13.9. The van der Waals surface area contributed by atoms with E-state index in [1.165, 1.54) is 0 Å². The van der Waals surface area contributed by atoms with E-state index >= 15 is 0 Å². The van der Waals surface area contributed by atoms with Crippen LogP contribution in [0.5, 0.6) is 5.75 Å². The minimum absolute atomic E-state index is 0.00448. The third kappa shape index (κ3) is 3.25. The summed E-state index contributed by atoms with van der Waals surface area (Å²) < 4.78 is 8.11. The number of hydrogen-bond acceptors (Lipinski definition) is 4. The summed E-state index contributed by atoms with van der Waals surface area (Å²) in [5, 5.41) is 8.85. The SMILES string of the molecule is O=C1COc2ccc(Cl)cc2N1Cc1cn(-c2ccc(Br)cc2)nn1. The number of nitrogens with zero attached hydrogens (tertiary/aromatic N) is 4. The number of carbonyl (C=O) groups is 1. The van der Waals surface area contributed by atoms with Crippen molar-refractivity contribution < 1.29 is 9.53 Å². The highest BCUT2D eigenvalue weighted by Crippen LogP contribution is 2.35. The fourth-order valence-electron chi connectivity index (χ4n) is 2.60. The minimum atomic E-state index is -0.145. The maximum Gasteiger partial charge on any atom is 0.265 e. The zero-order valence-corrected chi connectivity index (χ0v) is 15.2. The molecule has 2 aromatic carbocycles. The molecule has 0 N–H and O–H groups in total. The number of amides is 1. The number of rotatable bonds is 3. The number of carbonyl (C=O) groups excluding carboxylic acids is 1. The second kappa shape index (κ2) is 6.50. The number of halogens is 2. The quantitative estimate of drug-likeness (QED) is 0.651. The fourth-order valence-corrected chi connectivity index (χ4v) is 3.03. The smallest absolute Gasteiger partial charge is 0.265 e. The standard InChI is InChI=1S/C17H12BrClN4O2/c18-11-1-4-14(5-2-11)23-9-13(20-21-23)8-22-15-7-12(19)3-6-16(15)25-10-17(22)24/h1-7,9H,8,10H2. The van der Waals surface area contributed by atoms with Gasteiger partial charge in [-0.1, -0.05) is 32.7 Å². The Balaban J connectivity index is 1.62. The van der Waals surface area contributed by atoms with Crippen molar-refractivity contribution in [2.45, 2.75) is 6.54 Å². The fraction of sp³-hybridized carbons (Fsp3) is 0.118. The molecule has 0 radical (unpaired) electrons.